The summed E-state index contributed by atoms with van der Waals surface area (Å²) in [6.45, 7) is 5.80. The average molecular weight is 261 g/mol. The molecule has 19 heavy (non-hydrogen) atoms. The van der Waals surface area contributed by atoms with Crippen LogP contribution < -0.4 is 5.32 Å². The Hall–Kier alpha value is -2.10. The van der Waals surface area contributed by atoms with Gasteiger partial charge in [-0.25, -0.2) is 4.79 Å². The zero-order valence-electron chi connectivity index (χ0n) is 11.5. The summed E-state index contributed by atoms with van der Waals surface area (Å²) in [4.78, 5) is 22.6. The molecule has 1 aromatic rings. The lowest BCUT2D eigenvalue weighted by Crippen LogP contribution is -2.17. The Labute approximate surface area is 113 Å². The van der Waals surface area contributed by atoms with Crippen molar-refractivity contribution < 1.29 is 14.3 Å². The van der Waals surface area contributed by atoms with Crippen LogP contribution in [0.1, 0.15) is 26.3 Å². The fourth-order valence-electron chi connectivity index (χ4n) is 1.32. The second-order valence-electron chi connectivity index (χ2n) is 4.35. The predicted molar refractivity (Wildman–Crippen MR) is 75.6 cm³/mol. The highest BCUT2D eigenvalue weighted by molar-refractivity contribution is 5.92. The van der Waals surface area contributed by atoms with Crippen molar-refractivity contribution in [3.63, 3.8) is 0 Å². The molecule has 0 aliphatic heterocycles. The van der Waals surface area contributed by atoms with Crippen LogP contribution in [-0.2, 0) is 14.3 Å². The first-order valence-electron chi connectivity index (χ1n) is 6.28. The molecule has 4 nitrogen and oxygen atoms in total. The molecule has 0 heterocycles. The van der Waals surface area contributed by atoms with Gasteiger partial charge in [-0.2, -0.15) is 0 Å². The molecule has 1 aromatic carbocycles. The maximum atomic E-state index is 11.5. The summed E-state index contributed by atoms with van der Waals surface area (Å²) in [5.74, 6) is -0.433. The lowest BCUT2D eigenvalue weighted by Gasteiger charge is -2.07. The Bertz CT molecular complexity index is 461. The lowest BCUT2D eigenvalue weighted by atomic mass is 10.1. The van der Waals surface area contributed by atoms with Crippen LogP contribution in [0.15, 0.2) is 30.3 Å². The average Bonchev–Trinajstić information content (AvgIpc) is 2.38. The van der Waals surface area contributed by atoms with Crippen LogP contribution in [0.4, 0.5) is 5.69 Å². The molecule has 0 saturated heterocycles. The second kappa shape index (κ2) is 7.36. The summed E-state index contributed by atoms with van der Waals surface area (Å²) in [6, 6.07) is 7.24. The molecule has 0 aliphatic carbocycles. The van der Waals surface area contributed by atoms with E-state index in [4.69, 9.17) is 4.74 Å². The lowest BCUT2D eigenvalue weighted by molar-refractivity contribution is -0.137. The van der Waals surface area contributed by atoms with Gasteiger partial charge >= 0.3 is 5.97 Å². The molecule has 1 amide bonds. The largest absolute Gasteiger partial charge is 0.463 e. The normalized spacial score (nSPS) is 10.7. The van der Waals surface area contributed by atoms with Crippen molar-refractivity contribution in [2.24, 2.45) is 5.92 Å². The van der Waals surface area contributed by atoms with E-state index in [0.29, 0.717) is 6.61 Å². The van der Waals surface area contributed by atoms with E-state index in [9.17, 15) is 9.59 Å². The van der Waals surface area contributed by atoms with Gasteiger partial charge in [-0.1, -0.05) is 26.0 Å². The summed E-state index contributed by atoms with van der Waals surface area (Å²) < 4.78 is 4.78. The Kier molecular flexibility index (Phi) is 5.79. The molecule has 1 N–H and O–H groups in total. The van der Waals surface area contributed by atoms with Crippen molar-refractivity contribution in [3.8, 4) is 0 Å². The van der Waals surface area contributed by atoms with Crippen molar-refractivity contribution in [1.29, 1.82) is 0 Å². The van der Waals surface area contributed by atoms with Gasteiger partial charge in [0.25, 0.3) is 0 Å². The number of ether oxygens (including phenoxy) is 1. The topological polar surface area (TPSA) is 55.4 Å². The monoisotopic (exact) mass is 261 g/mol. The molecule has 0 saturated carbocycles. The first-order chi connectivity index (χ1) is 9.02. The minimum Gasteiger partial charge on any atom is -0.463 e. The van der Waals surface area contributed by atoms with E-state index in [1.54, 1.807) is 25.1 Å². The highest BCUT2D eigenvalue weighted by Crippen LogP contribution is 2.12. The zero-order chi connectivity index (χ0) is 14.3. The molecule has 0 radical (unpaired) electrons. The van der Waals surface area contributed by atoms with Gasteiger partial charge in [-0.3, -0.25) is 4.79 Å². The molecular formula is C15H19NO3. The molecule has 0 aromatic heterocycles. The molecule has 102 valence electrons. The number of hydrogen-bond acceptors (Lipinski definition) is 3. The van der Waals surface area contributed by atoms with Crippen molar-refractivity contribution in [3.05, 3.63) is 35.9 Å². The van der Waals surface area contributed by atoms with Crippen molar-refractivity contribution in [1.82, 2.24) is 0 Å². The Morgan fingerprint density at radius 3 is 2.42 bits per heavy atom. The number of carbonyl (C=O) groups is 2. The van der Waals surface area contributed by atoms with E-state index < -0.39 is 0 Å². The number of rotatable bonds is 5. The number of esters is 1. The molecule has 0 fully saturated rings. The van der Waals surface area contributed by atoms with E-state index in [-0.39, 0.29) is 17.8 Å². The Balaban J connectivity index is 2.61. The van der Waals surface area contributed by atoms with Crippen LogP contribution in [0.3, 0.4) is 0 Å². The zero-order valence-corrected chi connectivity index (χ0v) is 11.5. The smallest absolute Gasteiger partial charge is 0.330 e. The standard InChI is InChI=1S/C15H19NO3/c1-4-19-14(17)10-7-12-5-8-13(9-6-12)16-15(18)11(2)3/h5-11H,4H2,1-3H3,(H,16,18)/b10-7-. The fourth-order valence-corrected chi connectivity index (χ4v) is 1.32. The van der Waals surface area contributed by atoms with E-state index >= 15 is 0 Å². The van der Waals surface area contributed by atoms with Crippen molar-refractivity contribution in [2.45, 2.75) is 20.8 Å². The van der Waals surface area contributed by atoms with Gasteiger partial charge in [-0.05, 0) is 30.7 Å². The van der Waals surface area contributed by atoms with Crippen LogP contribution in [0.25, 0.3) is 6.08 Å². The van der Waals surface area contributed by atoms with E-state index in [2.05, 4.69) is 5.32 Å². The Morgan fingerprint density at radius 2 is 1.89 bits per heavy atom. The molecule has 0 aliphatic rings. The van der Waals surface area contributed by atoms with E-state index in [1.165, 1.54) is 6.08 Å². The third kappa shape index (κ3) is 5.38. The summed E-state index contributed by atoms with van der Waals surface area (Å²) >= 11 is 0. The van der Waals surface area contributed by atoms with Crippen LogP contribution >= 0.6 is 0 Å². The van der Waals surface area contributed by atoms with Crippen LogP contribution in [0, 0.1) is 5.92 Å². The van der Waals surface area contributed by atoms with Gasteiger partial charge in [0, 0.05) is 17.7 Å². The molecule has 0 unspecified atom stereocenters. The fraction of sp³-hybridized carbons (Fsp3) is 0.333. The predicted octanol–water partition coefficient (Wildman–Crippen LogP) is 2.86. The molecule has 0 atom stereocenters. The molecule has 1 rings (SSSR count). The maximum absolute atomic E-state index is 11.5. The van der Waals surface area contributed by atoms with E-state index in [1.807, 2.05) is 26.0 Å². The summed E-state index contributed by atoms with van der Waals surface area (Å²) in [5, 5.41) is 2.80. The molecule has 0 spiro atoms. The quantitative estimate of drug-likeness (QED) is 0.655. The minimum atomic E-state index is -0.361. The maximum Gasteiger partial charge on any atom is 0.330 e. The number of carbonyl (C=O) groups excluding carboxylic acids is 2. The molecule has 4 heteroatoms. The third-order valence-corrected chi connectivity index (χ3v) is 2.40. The van der Waals surface area contributed by atoms with Gasteiger partial charge in [0.2, 0.25) is 5.91 Å². The number of benzene rings is 1. The van der Waals surface area contributed by atoms with E-state index in [0.717, 1.165) is 11.3 Å². The first kappa shape index (κ1) is 15.0. The highest BCUT2D eigenvalue weighted by Gasteiger charge is 2.06. The minimum absolute atomic E-state index is 0.0187. The SMILES string of the molecule is CCOC(=O)/C=C\c1ccc(NC(=O)C(C)C)cc1. The van der Waals surface area contributed by atoms with Gasteiger partial charge in [0.15, 0.2) is 0 Å². The summed E-state index contributed by atoms with van der Waals surface area (Å²) in [5.41, 5.74) is 1.61. The number of amides is 1. The third-order valence-electron chi connectivity index (χ3n) is 2.40. The first-order valence-corrected chi connectivity index (χ1v) is 6.28. The van der Waals surface area contributed by atoms with Gasteiger partial charge in [-0.15, -0.1) is 0 Å². The van der Waals surface area contributed by atoms with Crippen LogP contribution in [-0.4, -0.2) is 18.5 Å². The number of nitrogens with one attached hydrogen (secondary N) is 1. The van der Waals surface area contributed by atoms with Gasteiger partial charge < -0.3 is 10.1 Å². The number of hydrogen-bond donors (Lipinski definition) is 1. The van der Waals surface area contributed by atoms with Crippen molar-refractivity contribution in [2.75, 3.05) is 11.9 Å². The molecular weight excluding hydrogens is 242 g/mol. The summed E-state index contributed by atoms with van der Waals surface area (Å²) in [6.07, 6.45) is 3.05. The van der Waals surface area contributed by atoms with Gasteiger partial charge in [0.1, 0.15) is 0 Å². The molecule has 0 bridgehead atoms. The van der Waals surface area contributed by atoms with Crippen molar-refractivity contribution >= 4 is 23.6 Å². The van der Waals surface area contributed by atoms with Crippen LogP contribution in [0.5, 0.6) is 0 Å². The highest BCUT2D eigenvalue weighted by atomic mass is 16.5. The van der Waals surface area contributed by atoms with Crippen LogP contribution in [0.2, 0.25) is 0 Å². The summed E-state index contributed by atoms with van der Waals surface area (Å²) in [7, 11) is 0. The Morgan fingerprint density at radius 1 is 1.26 bits per heavy atom. The number of anilines is 1. The van der Waals surface area contributed by atoms with Gasteiger partial charge in [0.05, 0.1) is 6.61 Å². The second-order valence-corrected chi connectivity index (χ2v) is 4.35.